The molecular formula is C23H22N2O3. The Bertz CT molecular complexity index is 868. The minimum Gasteiger partial charge on any atom is -0.484 e. The maximum Gasteiger partial charge on any atom is 0.261 e. The fraction of sp³-hybridized carbons (Fsp3) is 0.130. The first kappa shape index (κ1) is 19.2. The van der Waals surface area contributed by atoms with Crippen LogP contribution in [-0.4, -0.2) is 23.3 Å². The number of nitrogens with two attached hydrogens (primary N) is 1. The van der Waals surface area contributed by atoms with E-state index in [2.05, 4.69) is 0 Å². The van der Waals surface area contributed by atoms with E-state index in [0.717, 1.165) is 11.1 Å². The molecule has 3 aromatic carbocycles. The molecule has 3 rings (SSSR count). The van der Waals surface area contributed by atoms with Crippen molar-refractivity contribution >= 4 is 11.8 Å². The van der Waals surface area contributed by atoms with Crippen molar-refractivity contribution in [2.24, 2.45) is 5.73 Å². The number of ether oxygens (including phenoxy) is 1. The molecule has 0 saturated heterocycles. The zero-order valence-corrected chi connectivity index (χ0v) is 15.5. The minimum atomic E-state index is -0.500. The number of primary amides is 1. The number of benzene rings is 3. The summed E-state index contributed by atoms with van der Waals surface area (Å²) < 4.78 is 5.62. The third-order valence-electron chi connectivity index (χ3n) is 4.29. The highest BCUT2D eigenvalue weighted by Crippen LogP contribution is 2.14. The molecule has 0 radical (unpaired) electrons. The van der Waals surface area contributed by atoms with Crippen LogP contribution in [0.3, 0.4) is 0 Å². The summed E-state index contributed by atoms with van der Waals surface area (Å²) in [5.41, 5.74) is 7.74. The Morgan fingerprint density at radius 2 is 1.25 bits per heavy atom. The van der Waals surface area contributed by atoms with Gasteiger partial charge >= 0.3 is 0 Å². The van der Waals surface area contributed by atoms with Gasteiger partial charge in [-0.25, -0.2) is 0 Å². The first-order valence-corrected chi connectivity index (χ1v) is 9.00. The van der Waals surface area contributed by atoms with Crippen molar-refractivity contribution in [2.45, 2.75) is 13.1 Å². The summed E-state index contributed by atoms with van der Waals surface area (Å²) in [7, 11) is 0. The van der Waals surface area contributed by atoms with Gasteiger partial charge in [-0.2, -0.15) is 0 Å². The molecule has 0 unspecified atom stereocenters. The molecule has 2 amide bonds. The van der Waals surface area contributed by atoms with Gasteiger partial charge in [0.2, 0.25) is 5.91 Å². The molecule has 0 atom stereocenters. The molecule has 0 aliphatic rings. The summed E-state index contributed by atoms with van der Waals surface area (Å²) in [6.07, 6.45) is 0. The zero-order valence-electron chi connectivity index (χ0n) is 15.5. The molecule has 3 aromatic rings. The van der Waals surface area contributed by atoms with Crippen molar-refractivity contribution in [1.82, 2.24) is 4.90 Å². The predicted octanol–water partition coefficient (Wildman–Crippen LogP) is 3.39. The standard InChI is InChI=1S/C23H22N2O3/c24-23(27)20-11-13-21(14-12-20)28-17-22(26)25(15-18-7-3-1-4-8-18)16-19-9-5-2-6-10-19/h1-14H,15-17H2,(H2,24,27). The van der Waals surface area contributed by atoms with Gasteiger partial charge in [0.15, 0.2) is 6.61 Å². The van der Waals surface area contributed by atoms with Crippen molar-refractivity contribution in [3.05, 3.63) is 102 Å². The highest BCUT2D eigenvalue weighted by atomic mass is 16.5. The summed E-state index contributed by atoms with van der Waals surface area (Å²) >= 11 is 0. The number of rotatable bonds is 8. The van der Waals surface area contributed by atoms with E-state index in [1.165, 1.54) is 0 Å². The van der Waals surface area contributed by atoms with E-state index in [1.54, 1.807) is 29.2 Å². The van der Waals surface area contributed by atoms with Gasteiger partial charge in [-0.1, -0.05) is 60.7 Å². The highest BCUT2D eigenvalue weighted by molar-refractivity contribution is 5.92. The SMILES string of the molecule is NC(=O)c1ccc(OCC(=O)N(Cc2ccccc2)Cc2ccccc2)cc1. The van der Waals surface area contributed by atoms with E-state index in [9.17, 15) is 9.59 Å². The topological polar surface area (TPSA) is 72.6 Å². The van der Waals surface area contributed by atoms with Gasteiger partial charge in [0.05, 0.1) is 0 Å². The van der Waals surface area contributed by atoms with Crippen molar-refractivity contribution in [2.75, 3.05) is 6.61 Å². The smallest absolute Gasteiger partial charge is 0.261 e. The molecule has 0 spiro atoms. The van der Waals surface area contributed by atoms with Crippen molar-refractivity contribution in [1.29, 1.82) is 0 Å². The van der Waals surface area contributed by atoms with Crippen LogP contribution in [-0.2, 0) is 17.9 Å². The van der Waals surface area contributed by atoms with Gasteiger partial charge < -0.3 is 15.4 Å². The lowest BCUT2D eigenvalue weighted by Crippen LogP contribution is -2.34. The van der Waals surface area contributed by atoms with Crippen molar-refractivity contribution < 1.29 is 14.3 Å². The number of amides is 2. The summed E-state index contributed by atoms with van der Waals surface area (Å²) in [4.78, 5) is 25.7. The van der Waals surface area contributed by atoms with Gasteiger partial charge in [-0.3, -0.25) is 9.59 Å². The van der Waals surface area contributed by atoms with E-state index >= 15 is 0 Å². The van der Waals surface area contributed by atoms with Crippen LogP contribution in [0.4, 0.5) is 0 Å². The second kappa shape index (κ2) is 9.37. The normalized spacial score (nSPS) is 10.3. The Morgan fingerprint density at radius 1 is 0.750 bits per heavy atom. The van der Waals surface area contributed by atoms with Gasteiger partial charge in [0.25, 0.3) is 5.91 Å². The van der Waals surface area contributed by atoms with Gasteiger partial charge in [-0.15, -0.1) is 0 Å². The van der Waals surface area contributed by atoms with Crippen LogP contribution in [0.25, 0.3) is 0 Å². The van der Waals surface area contributed by atoms with Gasteiger partial charge in [-0.05, 0) is 35.4 Å². The molecule has 0 fully saturated rings. The first-order valence-electron chi connectivity index (χ1n) is 9.00. The summed E-state index contributed by atoms with van der Waals surface area (Å²) in [5.74, 6) is -0.107. The average molecular weight is 374 g/mol. The third-order valence-corrected chi connectivity index (χ3v) is 4.29. The minimum absolute atomic E-state index is 0.0877. The fourth-order valence-corrected chi connectivity index (χ4v) is 2.79. The molecular weight excluding hydrogens is 352 g/mol. The molecule has 0 bridgehead atoms. The number of nitrogens with zero attached hydrogens (tertiary/aromatic N) is 1. The molecule has 0 aromatic heterocycles. The molecule has 0 aliphatic carbocycles. The van der Waals surface area contributed by atoms with Crippen molar-refractivity contribution in [3.8, 4) is 5.75 Å². The Hall–Kier alpha value is -3.60. The van der Waals surface area contributed by atoms with Crippen LogP contribution in [0, 0.1) is 0 Å². The van der Waals surface area contributed by atoms with Crippen LogP contribution >= 0.6 is 0 Å². The zero-order chi connectivity index (χ0) is 19.8. The van der Waals surface area contributed by atoms with E-state index in [1.807, 2.05) is 60.7 Å². The maximum atomic E-state index is 12.8. The quantitative estimate of drug-likeness (QED) is 0.657. The van der Waals surface area contributed by atoms with Crippen LogP contribution < -0.4 is 10.5 Å². The van der Waals surface area contributed by atoms with Crippen LogP contribution in [0.2, 0.25) is 0 Å². The molecule has 0 heterocycles. The number of carbonyl (C=O) groups is 2. The Morgan fingerprint density at radius 3 is 1.71 bits per heavy atom. The van der Waals surface area contributed by atoms with Gasteiger partial charge in [0.1, 0.15) is 5.75 Å². The van der Waals surface area contributed by atoms with Crippen LogP contribution in [0.15, 0.2) is 84.9 Å². The van der Waals surface area contributed by atoms with E-state index in [0.29, 0.717) is 24.4 Å². The lowest BCUT2D eigenvalue weighted by atomic mass is 10.1. The summed E-state index contributed by atoms with van der Waals surface area (Å²) in [6, 6.07) is 26.1. The first-order chi connectivity index (χ1) is 13.6. The predicted molar refractivity (Wildman–Crippen MR) is 108 cm³/mol. The van der Waals surface area contributed by atoms with Crippen LogP contribution in [0.5, 0.6) is 5.75 Å². The lowest BCUT2D eigenvalue weighted by molar-refractivity contribution is -0.134. The second-order valence-corrected chi connectivity index (χ2v) is 6.40. The monoisotopic (exact) mass is 374 g/mol. The van der Waals surface area contributed by atoms with Gasteiger partial charge in [0, 0.05) is 18.7 Å². The lowest BCUT2D eigenvalue weighted by Gasteiger charge is -2.23. The second-order valence-electron chi connectivity index (χ2n) is 6.40. The van der Waals surface area contributed by atoms with E-state index in [4.69, 9.17) is 10.5 Å². The molecule has 5 heteroatoms. The fourth-order valence-electron chi connectivity index (χ4n) is 2.79. The molecule has 0 saturated carbocycles. The Balaban J connectivity index is 1.67. The Labute approximate surface area is 164 Å². The molecule has 28 heavy (non-hydrogen) atoms. The van der Waals surface area contributed by atoms with E-state index in [-0.39, 0.29) is 12.5 Å². The molecule has 5 nitrogen and oxygen atoms in total. The Kier molecular flexibility index (Phi) is 6.41. The molecule has 142 valence electrons. The maximum absolute atomic E-state index is 12.8. The van der Waals surface area contributed by atoms with Crippen LogP contribution in [0.1, 0.15) is 21.5 Å². The summed E-state index contributed by atoms with van der Waals surface area (Å²) in [6.45, 7) is 0.909. The van der Waals surface area contributed by atoms with E-state index < -0.39 is 5.91 Å². The highest BCUT2D eigenvalue weighted by Gasteiger charge is 2.15. The molecule has 2 N–H and O–H groups in total. The number of hydrogen-bond acceptors (Lipinski definition) is 3. The summed E-state index contributed by atoms with van der Waals surface area (Å²) in [5, 5.41) is 0. The largest absolute Gasteiger partial charge is 0.484 e. The number of hydrogen-bond donors (Lipinski definition) is 1. The molecule has 0 aliphatic heterocycles. The third kappa shape index (κ3) is 5.45. The van der Waals surface area contributed by atoms with Crippen molar-refractivity contribution in [3.63, 3.8) is 0 Å². The average Bonchev–Trinajstić information content (AvgIpc) is 2.73. The number of carbonyl (C=O) groups excluding carboxylic acids is 2.